The molecule has 2 N–H and O–H groups in total. The number of benzene rings is 2. The van der Waals surface area contributed by atoms with E-state index in [-0.39, 0.29) is 10.9 Å². The Morgan fingerprint density at radius 1 is 1.08 bits per heavy atom. The smallest absolute Gasteiger partial charge is 0.321 e. The molecule has 0 radical (unpaired) electrons. The van der Waals surface area contributed by atoms with Crippen LogP contribution in [0.25, 0.3) is 11.1 Å². The van der Waals surface area contributed by atoms with E-state index >= 15 is 0 Å². The standard InChI is InChI=1S/C18H20N2O4S/c1-11-8-14(9-12(2)13(11)3)16-10-15(20-7-6-19-18(20)21)4-5-17(16)25(22,23)24/h4-5,8-10H,6-7H2,1-3H3,(H,19,21)(H,22,23,24). The van der Waals surface area contributed by atoms with Crippen LogP contribution in [0.15, 0.2) is 35.2 Å². The third-order valence-corrected chi connectivity index (χ3v) is 5.56. The quantitative estimate of drug-likeness (QED) is 0.824. The van der Waals surface area contributed by atoms with Crippen molar-refractivity contribution in [2.75, 3.05) is 18.0 Å². The van der Waals surface area contributed by atoms with Gasteiger partial charge in [-0.3, -0.25) is 9.45 Å². The predicted octanol–water partition coefficient (Wildman–Crippen LogP) is 3.06. The summed E-state index contributed by atoms with van der Waals surface area (Å²) in [5.74, 6) is 0. The molecule has 0 unspecified atom stereocenters. The summed E-state index contributed by atoms with van der Waals surface area (Å²) in [5.41, 5.74) is 4.85. The van der Waals surface area contributed by atoms with Crippen molar-refractivity contribution in [1.29, 1.82) is 0 Å². The lowest BCUT2D eigenvalue weighted by Gasteiger charge is -2.18. The van der Waals surface area contributed by atoms with Crippen LogP contribution in [0.3, 0.4) is 0 Å². The molecular formula is C18H20N2O4S. The van der Waals surface area contributed by atoms with Crippen molar-refractivity contribution in [2.24, 2.45) is 0 Å². The number of carbonyl (C=O) groups is 1. The summed E-state index contributed by atoms with van der Waals surface area (Å²) in [6.45, 7) is 6.96. The number of nitrogens with one attached hydrogen (secondary N) is 1. The van der Waals surface area contributed by atoms with Crippen molar-refractivity contribution in [3.8, 4) is 11.1 Å². The number of aryl methyl sites for hydroxylation is 2. The number of carbonyl (C=O) groups excluding carboxylic acids is 1. The van der Waals surface area contributed by atoms with Crippen LogP contribution in [0.2, 0.25) is 0 Å². The van der Waals surface area contributed by atoms with Gasteiger partial charge in [0.2, 0.25) is 0 Å². The van der Waals surface area contributed by atoms with Crippen LogP contribution >= 0.6 is 0 Å². The lowest BCUT2D eigenvalue weighted by molar-refractivity contribution is 0.252. The van der Waals surface area contributed by atoms with Crippen LogP contribution in [-0.4, -0.2) is 32.1 Å². The van der Waals surface area contributed by atoms with E-state index in [1.807, 2.05) is 32.9 Å². The molecule has 25 heavy (non-hydrogen) atoms. The molecule has 0 saturated carbocycles. The Hall–Kier alpha value is -2.38. The second-order valence-electron chi connectivity index (χ2n) is 6.27. The van der Waals surface area contributed by atoms with Crippen LogP contribution in [-0.2, 0) is 10.1 Å². The van der Waals surface area contributed by atoms with Crippen LogP contribution < -0.4 is 10.2 Å². The maximum absolute atomic E-state index is 11.9. The lowest BCUT2D eigenvalue weighted by atomic mass is 9.96. The zero-order chi connectivity index (χ0) is 18.4. The highest BCUT2D eigenvalue weighted by atomic mass is 32.2. The molecule has 1 saturated heterocycles. The van der Waals surface area contributed by atoms with E-state index in [0.717, 1.165) is 16.7 Å². The van der Waals surface area contributed by atoms with Crippen LogP contribution in [0.5, 0.6) is 0 Å². The highest BCUT2D eigenvalue weighted by molar-refractivity contribution is 7.86. The van der Waals surface area contributed by atoms with Crippen molar-refractivity contribution >= 4 is 21.8 Å². The molecule has 0 aromatic heterocycles. The van der Waals surface area contributed by atoms with Gasteiger partial charge in [0.15, 0.2) is 0 Å². The van der Waals surface area contributed by atoms with E-state index in [2.05, 4.69) is 5.32 Å². The summed E-state index contributed by atoms with van der Waals surface area (Å²) >= 11 is 0. The zero-order valence-electron chi connectivity index (χ0n) is 14.3. The number of rotatable bonds is 3. The van der Waals surface area contributed by atoms with Gasteiger partial charge in [0.1, 0.15) is 4.90 Å². The molecule has 7 heteroatoms. The van der Waals surface area contributed by atoms with Gasteiger partial charge in [0, 0.05) is 24.3 Å². The van der Waals surface area contributed by atoms with Gasteiger partial charge in [-0.2, -0.15) is 8.42 Å². The zero-order valence-corrected chi connectivity index (χ0v) is 15.1. The van der Waals surface area contributed by atoms with E-state index in [1.54, 1.807) is 11.0 Å². The van der Waals surface area contributed by atoms with Gasteiger partial charge < -0.3 is 5.32 Å². The average molecular weight is 360 g/mol. The van der Waals surface area contributed by atoms with Gasteiger partial charge >= 0.3 is 6.03 Å². The molecule has 0 atom stereocenters. The number of anilines is 1. The summed E-state index contributed by atoms with van der Waals surface area (Å²) in [6, 6.07) is 8.07. The van der Waals surface area contributed by atoms with Gasteiger partial charge in [-0.1, -0.05) is 12.1 Å². The summed E-state index contributed by atoms with van der Waals surface area (Å²) in [4.78, 5) is 13.3. The normalized spacial score (nSPS) is 14.7. The molecule has 2 aromatic rings. The number of nitrogens with zero attached hydrogens (tertiary/aromatic N) is 1. The van der Waals surface area contributed by atoms with Crippen molar-refractivity contribution in [3.63, 3.8) is 0 Å². The largest absolute Gasteiger partial charge is 0.336 e. The fourth-order valence-corrected chi connectivity index (χ4v) is 3.74. The Morgan fingerprint density at radius 2 is 1.72 bits per heavy atom. The van der Waals surface area contributed by atoms with E-state index in [1.165, 1.54) is 12.1 Å². The van der Waals surface area contributed by atoms with Gasteiger partial charge in [-0.25, -0.2) is 4.79 Å². The molecular weight excluding hydrogens is 340 g/mol. The molecule has 0 bridgehead atoms. The van der Waals surface area contributed by atoms with E-state index in [4.69, 9.17) is 0 Å². The summed E-state index contributed by atoms with van der Waals surface area (Å²) in [5, 5.41) is 2.72. The van der Waals surface area contributed by atoms with Crippen molar-refractivity contribution in [1.82, 2.24) is 5.32 Å². The van der Waals surface area contributed by atoms with Crippen molar-refractivity contribution in [3.05, 3.63) is 47.0 Å². The van der Waals surface area contributed by atoms with Gasteiger partial charge in [-0.05, 0) is 61.2 Å². The third-order valence-electron chi connectivity index (χ3n) is 4.65. The van der Waals surface area contributed by atoms with E-state index < -0.39 is 10.1 Å². The molecule has 1 heterocycles. The Kier molecular flexibility index (Phi) is 4.30. The number of urea groups is 1. The van der Waals surface area contributed by atoms with Crippen LogP contribution in [0.1, 0.15) is 16.7 Å². The SMILES string of the molecule is Cc1cc(-c2cc(N3CCNC3=O)ccc2S(=O)(=O)O)cc(C)c1C. The molecule has 2 amide bonds. The second-order valence-corrected chi connectivity index (χ2v) is 7.66. The second kappa shape index (κ2) is 6.16. The van der Waals surface area contributed by atoms with E-state index in [9.17, 15) is 17.8 Å². The molecule has 2 aromatic carbocycles. The number of hydrogen-bond donors (Lipinski definition) is 2. The topological polar surface area (TPSA) is 86.7 Å². The minimum Gasteiger partial charge on any atom is -0.336 e. The summed E-state index contributed by atoms with van der Waals surface area (Å²) in [6.07, 6.45) is 0. The molecule has 3 rings (SSSR count). The van der Waals surface area contributed by atoms with Gasteiger partial charge in [-0.15, -0.1) is 0 Å². The predicted molar refractivity (Wildman–Crippen MR) is 96.6 cm³/mol. The number of amides is 2. The maximum atomic E-state index is 11.9. The molecule has 132 valence electrons. The highest BCUT2D eigenvalue weighted by Gasteiger charge is 2.24. The fourth-order valence-electron chi connectivity index (χ4n) is 3.05. The Labute approximate surface area is 147 Å². The fraction of sp³-hybridized carbons (Fsp3) is 0.278. The van der Waals surface area contributed by atoms with Gasteiger partial charge in [0.05, 0.1) is 0 Å². The Morgan fingerprint density at radius 3 is 2.24 bits per heavy atom. The highest BCUT2D eigenvalue weighted by Crippen LogP contribution is 2.34. The molecule has 0 aliphatic carbocycles. The lowest BCUT2D eigenvalue weighted by Crippen LogP contribution is -2.27. The molecule has 1 aliphatic heterocycles. The first-order valence-electron chi connectivity index (χ1n) is 7.93. The van der Waals surface area contributed by atoms with Gasteiger partial charge in [0.25, 0.3) is 10.1 Å². The van der Waals surface area contributed by atoms with Crippen molar-refractivity contribution in [2.45, 2.75) is 25.7 Å². The molecule has 1 aliphatic rings. The first-order valence-corrected chi connectivity index (χ1v) is 9.37. The minimum absolute atomic E-state index is 0.168. The third kappa shape index (κ3) is 3.25. The van der Waals surface area contributed by atoms with Crippen LogP contribution in [0, 0.1) is 20.8 Å². The summed E-state index contributed by atoms with van der Waals surface area (Å²) in [7, 11) is -4.39. The Bertz CT molecular complexity index is 944. The first-order chi connectivity index (χ1) is 11.7. The van der Waals surface area contributed by atoms with E-state index in [0.29, 0.717) is 29.9 Å². The maximum Gasteiger partial charge on any atom is 0.321 e. The molecule has 6 nitrogen and oxygen atoms in total. The first kappa shape index (κ1) is 17.4. The molecule has 0 spiro atoms. The average Bonchev–Trinajstić information content (AvgIpc) is 2.96. The monoisotopic (exact) mass is 360 g/mol. The van der Waals surface area contributed by atoms with Crippen molar-refractivity contribution < 1.29 is 17.8 Å². The number of hydrogen-bond acceptors (Lipinski definition) is 3. The summed E-state index contributed by atoms with van der Waals surface area (Å²) < 4.78 is 33.3. The Balaban J connectivity index is 2.23. The minimum atomic E-state index is -4.39. The van der Waals surface area contributed by atoms with Crippen LogP contribution in [0.4, 0.5) is 10.5 Å². The molecule has 1 fully saturated rings.